The van der Waals surface area contributed by atoms with Crippen molar-refractivity contribution in [3.63, 3.8) is 0 Å². The van der Waals surface area contributed by atoms with Crippen LogP contribution in [0.15, 0.2) is 48.5 Å². The number of hydrogen-bond donors (Lipinski definition) is 0. The molecular weight excluding hydrogens is 211 g/mol. The maximum Gasteiger partial charge on any atom is 0.0309 e. The molecule has 1 fully saturated rings. The number of hydrogen-bond acceptors (Lipinski definition) is 0. The van der Waals surface area contributed by atoms with Crippen LogP contribution < -0.4 is 0 Å². The van der Waals surface area contributed by atoms with Crippen LogP contribution in [0.5, 0.6) is 0 Å². The summed E-state index contributed by atoms with van der Waals surface area (Å²) < 4.78 is 0. The van der Waals surface area contributed by atoms with Crippen LogP contribution in [-0.4, -0.2) is 0 Å². The van der Waals surface area contributed by atoms with Gasteiger partial charge >= 0.3 is 0 Å². The molecule has 0 spiro atoms. The van der Waals surface area contributed by atoms with Crippen molar-refractivity contribution in [1.82, 2.24) is 0 Å². The first-order chi connectivity index (χ1) is 7.97. The Bertz CT molecular complexity index is 563. The van der Waals surface area contributed by atoms with E-state index in [1.165, 1.54) is 0 Å². The summed E-state index contributed by atoms with van der Waals surface area (Å²) in [6.45, 7) is 0. The van der Waals surface area contributed by atoms with Gasteiger partial charge < -0.3 is 0 Å². The lowest BCUT2D eigenvalue weighted by atomic mass is 10.0. The van der Waals surface area contributed by atoms with E-state index in [4.69, 9.17) is 0 Å². The van der Waals surface area contributed by atoms with Crippen molar-refractivity contribution in [3.05, 3.63) is 70.8 Å². The minimum Gasteiger partial charge on any atom is -0.0770 e. The Labute approximate surface area is 96.1 Å². The molecule has 2 atom stereocenters. The molecule has 2 aromatic rings. The molecule has 0 radical (unpaired) electrons. The van der Waals surface area contributed by atoms with Gasteiger partial charge in [0.1, 0.15) is 0 Å². The zero-order valence-corrected chi connectivity index (χ0v) is 9.69. The number of rotatable bonds is 0. The van der Waals surface area contributed by atoms with E-state index in [0.717, 1.165) is 17.0 Å². The highest BCUT2D eigenvalue weighted by Gasteiger charge is 2.65. The smallest absolute Gasteiger partial charge is 0.0309 e. The van der Waals surface area contributed by atoms with E-state index in [2.05, 4.69) is 48.5 Å². The first-order valence-corrected chi connectivity index (χ1v) is 7.47. The van der Waals surface area contributed by atoms with Gasteiger partial charge in [0, 0.05) is 17.0 Å². The second kappa shape index (κ2) is 2.41. The second-order valence-electron chi connectivity index (χ2n) is 5.00. The summed E-state index contributed by atoms with van der Waals surface area (Å²) in [4.78, 5) is 0. The van der Waals surface area contributed by atoms with Gasteiger partial charge in [-0.05, 0) is 22.3 Å². The third-order valence-corrected chi connectivity index (χ3v) is 7.61. The van der Waals surface area contributed by atoms with Gasteiger partial charge in [0.2, 0.25) is 0 Å². The molecule has 3 aliphatic rings. The Balaban J connectivity index is 1.85. The standard InChI is InChI=1S/C15H11P/c1-3-7-11-9(5-1)13-10-6-2-4-8-12(10)15-14(11)16(13)15/h1-8,13-15H. The summed E-state index contributed by atoms with van der Waals surface area (Å²) in [5.41, 5.74) is 9.24. The molecule has 0 aromatic heterocycles. The van der Waals surface area contributed by atoms with Crippen LogP contribution in [0.25, 0.3) is 0 Å². The lowest BCUT2D eigenvalue weighted by Gasteiger charge is -2.10. The van der Waals surface area contributed by atoms with Crippen LogP contribution in [-0.2, 0) is 0 Å². The summed E-state index contributed by atoms with van der Waals surface area (Å²) in [7, 11) is 0.237. The topological polar surface area (TPSA) is 0 Å². The van der Waals surface area contributed by atoms with Gasteiger partial charge in [-0.1, -0.05) is 56.5 Å². The molecule has 1 saturated heterocycles. The average molecular weight is 222 g/mol. The molecule has 76 valence electrons. The fourth-order valence-electron chi connectivity index (χ4n) is 3.78. The molecule has 0 saturated carbocycles. The van der Waals surface area contributed by atoms with Crippen molar-refractivity contribution >= 4 is 7.92 Å². The number of fused-ring (bicyclic) bond motifs is 7. The monoisotopic (exact) mass is 222 g/mol. The Kier molecular flexibility index (Phi) is 1.21. The fourth-order valence-corrected chi connectivity index (χ4v) is 7.69. The van der Waals surface area contributed by atoms with Crippen molar-refractivity contribution in [2.75, 3.05) is 0 Å². The molecule has 0 aliphatic carbocycles. The second-order valence-corrected chi connectivity index (χ2v) is 7.52. The predicted octanol–water partition coefficient (Wildman–Crippen LogP) is 4.38. The van der Waals surface area contributed by atoms with E-state index < -0.39 is 0 Å². The lowest BCUT2D eigenvalue weighted by molar-refractivity contribution is 1.03. The van der Waals surface area contributed by atoms with Crippen molar-refractivity contribution in [2.45, 2.75) is 17.0 Å². The zero-order chi connectivity index (χ0) is 10.3. The van der Waals surface area contributed by atoms with Gasteiger partial charge in [0.05, 0.1) is 0 Å². The van der Waals surface area contributed by atoms with E-state index in [-0.39, 0.29) is 7.92 Å². The van der Waals surface area contributed by atoms with Gasteiger partial charge in [0.25, 0.3) is 0 Å². The van der Waals surface area contributed by atoms with Crippen LogP contribution in [0.2, 0.25) is 0 Å². The molecular formula is C15H11P. The molecule has 16 heavy (non-hydrogen) atoms. The largest absolute Gasteiger partial charge is 0.0770 e. The van der Waals surface area contributed by atoms with E-state index >= 15 is 0 Å². The highest BCUT2D eigenvalue weighted by Crippen LogP contribution is 2.99. The molecule has 0 amide bonds. The minimum absolute atomic E-state index is 0.237. The summed E-state index contributed by atoms with van der Waals surface area (Å²) in [5, 5.41) is 0. The summed E-state index contributed by atoms with van der Waals surface area (Å²) in [6.07, 6.45) is 0. The Morgan fingerprint density at radius 3 is 1.56 bits per heavy atom. The van der Waals surface area contributed by atoms with Crippen LogP contribution in [0.1, 0.15) is 39.2 Å². The molecule has 1 heteroatoms. The van der Waals surface area contributed by atoms with Gasteiger partial charge in [-0.2, -0.15) is 0 Å². The van der Waals surface area contributed by atoms with Crippen LogP contribution in [0.3, 0.4) is 0 Å². The van der Waals surface area contributed by atoms with Crippen LogP contribution in [0, 0.1) is 0 Å². The average Bonchev–Trinajstić information content (AvgIpc) is 2.88. The van der Waals surface area contributed by atoms with Gasteiger partial charge in [-0.15, -0.1) is 0 Å². The highest BCUT2D eigenvalue weighted by atomic mass is 31.1. The molecule has 5 rings (SSSR count). The first kappa shape index (κ1) is 8.03. The summed E-state index contributed by atoms with van der Waals surface area (Å²) in [5.74, 6) is 0. The highest BCUT2D eigenvalue weighted by molar-refractivity contribution is 7.67. The molecule has 2 aromatic carbocycles. The SMILES string of the molecule is c1ccc2c(c1)C1c3ccccc3C3C2P13. The third-order valence-electron chi connectivity index (χ3n) is 4.37. The first-order valence-electron chi connectivity index (χ1n) is 5.92. The Morgan fingerprint density at radius 2 is 1.06 bits per heavy atom. The maximum absolute atomic E-state index is 2.36. The fraction of sp³-hybridized carbons (Fsp3) is 0.200. The molecule has 3 heterocycles. The third kappa shape index (κ3) is 0.701. The van der Waals surface area contributed by atoms with Crippen molar-refractivity contribution in [1.29, 1.82) is 0 Å². The van der Waals surface area contributed by atoms with Gasteiger partial charge in [-0.3, -0.25) is 0 Å². The molecule has 0 N–H and O–H groups in total. The van der Waals surface area contributed by atoms with Crippen LogP contribution >= 0.6 is 7.92 Å². The van der Waals surface area contributed by atoms with E-state index in [1.54, 1.807) is 22.3 Å². The molecule has 3 aliphatic heterocycles. The van der Waals surface area contributed by atoms with Crippen molar-refractivity contribution in [3.8, 4) is 0 Å². The Hall–Kier alpha value is -1.13. The molecule has 0 bridgehead atoms. The predicted molar refractivity (Wildman–Crippen MR) is 67.1 cm³/mol. The van der Waals surface area contributed by atoms with Crippen LogP contribution in [0.4, 0.5) is 0 Å². The van der Waals surface area contributed by atoms with E-state index in [9.17, 15) is 0 Å². The normalized spacial score (nSPS) is 35.5. The van der Waals surface area contributed by atoms with Gasteiger partial charge in [-0.25, -0.2) is 0 Å². The van der Waals surface area contributed by atoms with E-state index in [1.807, 2.05) is 0 Å². The molecule has 2 unspecified atom stereocenters. The van der Waals surface area contributed by atoms with Crippen molar-refractivity contribution in [2.24, 2.45) is 0 Å². The van der Waals surface area contributed by atoms with Crippen molar-refractivity contribution < 1.29 is 0 Å². The number of benzene rings is 2. The summed E-state index contributed by atoms with van der Waals surface area (Å²) in [6, 6.07) is 18.3. The zero-order valence-electron chi connectivity index (χ0n) is 8.80. The Morgan fingerprint density at radius 1 is 0.625 bits per heavy atom. The lowest BCUT2D eigenvalue weighted by Crippen LogP contribution is -1.91. The quantitative estimate of drug-likeness (QED) is 0.580. The summed E-state index contributed by atoms with van der Waals surface area (Å²) >= 11 is 0. The minimum atomic E-state index is 0.237. The maximum atomic E-state index is 2.36. The van der Waals surface area contributed by atoms with E-state index in [0.29, 0.717) is 0 Å². The molecule has 0 nitrogen and oxygen atoms in total. The van der Waals surface area contributed by atoms with Gasteiger partial charge in [0.15, 0.2) is 0 Å².